The Hall–Kier alpha value is -1.88. The van der Waals surface area contributed by atoms with Crippen LogP contribution >= 0.6 is 0 Å². The minimum absolute atomic E-state index is 0.169. The van der Waals surface area contributed by atoms with Gasteiger partial charge in [-0.2, -0.15) is 0 Å². The molecular weight excluding hydrogens is 338 g/mol. The van der Waals surface area contributed by atoms with E-state index in [1.54, 1.807) is 0 Å². The third-order valence-electron chi connectivity index (χ3n) is 5.94. The third-order valence-corrected chi connectivity index (χ3v) is 5.94. The SMILES string of the molecule is CC(C)(CCCc1ccccc1)C(=O)N1CCCC(N2CCNCC2=O)C1. The van der Waals surface area contributed by atoms with Gasteiger partial charge in [0.1, 0.15) is 0 Å². The molecule has 1 N–H and O–H groups in total. The maximum atomic E-state index is 13.2. The van der Waals surface area contributed by atoms with Gasteiger partial charge in [0.05, 0.1) is 6.54 Å². The molecule has 1 unspecified atom stereocenters. The van der Waals surface area contributed by atoms with E-state index >= 15 is 0 Å². The van der Waals surface area contributed by atoms with Gasteiger partial charge in [-0.3, -0.25) is 9.59 Å². The minimum Gasteiger partial charge on any atom is -0.340 e. The highest BCUT2D eigenvalue weighted by molar-refractivity contribution is 5.82. The number of aryl methyl sites for hydroxylation is 1. The van der Waals surface area contributed by atoms with Crippen molar-refractivity contribution in [3.63, 3.8) is 0 Å². The molecule has 1 aromatic rings. The zero-order chi connectivity index (χ0) is 19.3. The number of likely N-dealkylation sites (tertiary alicyclic amines) is 1. The quantitative estimate of drug-likeness (QED) is 0.836. The van der Waals surface area contributed by atoms with Crippen molar-refractivity contribution in [3.05, 3.63) is 35.9 Å². The molecule has 0 radical (unpaired) electrons. The Bertz CT molecular complexity index is 644. The van der Waals surface area contributed by atoms with Gasteiger partial charge < -0.3 is 15.1 Å². The van der Waals surface area contributed by atoms with Crippen molar-refractivity contribution in [3.8, 4) is 0 Å². The minimum atomic E-state index is -0.357. The molecule has 5 nitrogen and oxygen atoms in total. The second-order valence-electron chi connectivity index (χ2n) is 8.53. The summed E-state index contributed by atoms with van der Waals surface area (Å²) in [5.41, 5.74) is 0.973. The average molecular weight is 372 g/mol. The molecule has 0 saturated carbocycles. The molecule has 2 amide bonds. The lowest BCUT2D eigenvalue weighted by atomic mass is 9.84. The molecule has 3 rings (SSSR count). The van der Waals surface area contributed by atoms with Crippen LogP contribution in [0.3, 0.4) is 0 Å². The fourth-order valence-electron chi connectivity index (χ4n) is 4.31. The van der Waals surface area contributed by atoms with Crippen LogP contribution in [-0.4, -0.2) is 60.4 Å². The van der Waals surface area contributed by atoms with Crippen molar-refractivity contribution in [2.45, 2.75) is 52.0 Å². The van der Waals surface area contributed by atoms with E-state index in [1.165, 1.54) is 5.56 Å². The fraction of sp³-hybridized carbons (Fsp3) is 0.636. The highest BCUT2D eigenvalue weighted by atomic mass is 16.2. The fourth-order valence-corrected chi connectivity index (χ4v) is 4.31. The Morgan fingerprint density at radius 3 is 2.74 bits per heavy atom. The number of nitrogens with zero attached hydrogens (tertiary/aromatic N) is 2. The van der Waals surface area contributed by atoms with Gasteiger partial charge in [0.2, 0.25) is 11.8 Å². The van der Waals surface area contributed by atoms with Gasteiger partial charge in [0.25, 0.3) is 0 Å². The number of benzene rings is 1. The molecule has 0 aliphatic carbocycles. The first-order chi connectivity index (χ1) is 13.0. The van der Waals surface area contributed by atoms with Gasteiger partial charge in [-0.1, -0.05) is 44.2 Å². The molecule has 2 aliphatic heterocycles. The smallest absolute Gasteiger partial charge is 0.236 e. The zero-order valence-corrected chi connectivity index (χ0v) is 16.7. The van der Waals surface area contributed by atoms with E-state index in [1.807, 2.05) is 15.9 Å². The Balaban J connectivity index is 1.54. The molecule has 0 aromatic heterocycles. The Kier molecular flexibility index (Phi) is 6.53. The molecular formula is C22H33N3O2. The summed E-state index contributed by atoms with van der Waals surface area (Å²) in [5.74, 6) is 0.408. The van der Waals surface area contributed by atoms with Crippen molar-refractivity contribution in [2.75, 3.05) is 32.7 Å². The van der Waals surface area contributed by atoms with E-state index in [4.69, 9.17) is 0 Å². The second kappa shape index (κ2) is 8.87. The van der Waals surface area contributed by atoms with Crippen molar-refractivity contribution >= 4 is 11.8 Å². The Morgan fingerprint density at radius 1 is 1.22 bits per heavy atom. The van der Waals surface area contributed by atoms with Crippen molar-refractivity contribution in [2.24, 2.45) is 5.41 Å². The standard InChI is InChI=1S/C22H33N3O2/c1-22(2,12-6-10-18-8-4-3-5-9-18)21(27)24-14-7-11-19(17-24)25-15-13-23-16-20(25)26/h3-5,8-9,19,23H,6-7,10-17H2,1-2H3. The number of nitrogens with one attached hydrogen (secondary N) is 1. The zero-order valence-electron chi connectivity index (χ0n) is 16.7. The van der Waals surface area contributed by atoms with Crippen LogP contribution in [0.5, 0.6) is 0 Å². The molecule has 0 bridgehead atoms. The molecule has 2 fully saturated rings. The van der Waals surface area contributed by atoms with Crippen LogP contribution in [0.4, 0.5) is 0 Å². The lowest BCUT2D eigenvalue weighted by molar-refractivity contribution is -0.146. The van der Waals surface area contributed by atoms with Gasteiger partial charge in [-0.25, -0.2) is 0 Å². The van der Waals surface area contributed by atoms with Crippen molar-refractivity contribution in [1.29, 1.82) is 0 Å². The number of rotatable bonds is 6. The molecule has 2 aliphatic rings. The van der Waals surface area contributed by atoms with Gasteiger partial charge in [0, 0.05) is 37.6 Å². The molecule has 2 heterocycles. The number of piperidine rings is 1. The van der Waals surface area contributed by atoms with Crippen LogP contribution in [0, 0.1) is 5.41 Å². The van der Waals surface area contributed by atoms with Gasteiger partial charge in [-0.05, 0) is 37.7 Å². The summed E-state index contributed by atoms with van der Waals surface area (Å²) >= 11 is 0. The molecule has 148 valence electrons. The largest absolute Gasteiger partial charge is 0.340 e. The van der Waals surface area contributed by atoms with E-state index in [2.05, 4.69) is 43.4 Å². The van der Waals surface area contributed by atoms with E-state index in [0.717, 1.165) is 51.7 Å². The summed E-state index contributed by atoms with van der Waals surface area (Å²) in [4.78, 5) is 29.4. The van der Waals surface area contributed by atoms with Gasteiger partial charge >= 0.3 is 0 Å². The van der Waals surface area contributed by atoms with E-state index < -0.39 is 0 Å². The van der Waals surface area contributed by atoms with Crippen LogP contribution in [0.25, 0.3) is 0 Å². The van der Waals surface area contributed by atoms with Crippen LogP contribution in [0.2, 0.25) is 0 Å². The highest BCUT2D eigenvalue weighted by Crippen LogP contribution is 2.29. The molecule has 5 heteroatoms. The highest BCUT2D eigenvalue weighted by Gasteiger charge is 2.36. The first kappa shape index (κ1) is 19.9. The molecule has 1 atom stereocenters. The third kappa shape index (κ3) is 5.10. The summed E-state index contributed by atoms with van der Waals surface area (Å²) < 4.78 is 0. The van der Waals surface area contributed by atoms with E-state index in [9.17, 15) is 9.59 Å². The van der Waals surface area contributed by atoms with Gasteiger partial charge in [-0.15, -0.1) is 0 Å². The maximum absolute atomic E-state index is 13.2. The number of carbonyl (C=O) groups is 2. The van der Waals surface area contributed by atoms with E-state index in [0.29, 0.717) is 13.1 Å². The lowest BCUT2D eigenvalue weighted by Gasteiger charge is -2.43. The van der Waals surface area contributed by atoms with Crippen LogP contribution in [0.1, 0.15) is 45.1 Å². The van der Waals surface area contributed by atoms with Gasteiger partial charge in [0.15, 0.2) is 0 Å². The summed E-state index contributed by atoms with van der Waals surface area (Å²) in [6.07, 6.45) is 4.89. The Morgan fingerprint density at radius 2 is 2.00 bits per heavy atom. The Labute approximate surface area is 163 Å². The predicted molar refractivity (Wildman–Crippen MR) is 107 cm³/mol. The van der Waals surface area contributed by atoms with Crippen LogP contribution < -0.4 is 5.32 Å². The van der Waals surface area contributed by atoms with Crippen molar-refractivity contribution in [1.82, 2.24) is 15.1 Å². The van der Waals surface area contributed by atoms with Crippen molar-refractivity contribution < 1.29 is 9.59 Å². The van der Waals surface area contributed by atoms with Crippen LogP contribution in [-0.2, 0) is 16.0 Å². The topological polar surface area (TPSA) is 52.7 Å². The summed E-state index contributed by atoms with van der Waals surface area (Å²) in [5, 5.41) is 3.13. The summed E-state index contributed by atoms with van der Waals surface area (Å²) in [6.45, 7) is 7.67. The number of piperazine rings is 1. The normalized spacial score (nSPS) is 21.4. The molecule has 2 saturated heterocycles. The van der Waals surface area contributed by atoms with Crippen LogP contribution in [0.15, 0.2) is 30.3 Å². The second-order valence-corrected chi connectivity index (χ2v) is 8.53. The number of hydrogen-bond acceptors (Lipinski definition) is 3. The number of carbonyl (C=O) groups excluding carboxylic acids is 2. The van der Waals surface area contributed by atoms with E-state index in [-0.39, 0.29) is 23.3 Å². The monoisotopic (exact) mass is 371 g/mol. The molecule has 1 aromatic carbocycles. The molecule has 0 spiro atoms. The maximum Gasteiger partial charge on any atom is 0.236 e. The number of amides is 2. The number of hydrogen-bond donors (Lipinski definition) is 1. The average Bonchev–Trinajstić information content (AvgIpc) is 2.68. The predicted octanol–water partition coefficient (Wildman–Crippen LogP) is 2.46. The molecule has 27 heavy (non-hydrogen) atoms. The summed E-state index contributed by atoms with van der Waals surface area (Å²) in [7, 11) is 0. The first-order valence-corrected chi connectivity index (χ1v) is 10.3. The lowest BCUT2D eigenvalue weighted by Crippen LogP contribution is -2.58. The first-order valence-electron chi connectivity index (χ1n) is 10.3. The summed E-state index contributed by atoms with van der Waals surface area (Å²) in [6, 6.07) is 10.6.